The second-order valence-corrected chi connectivity index (χ2v) is 7.17. The van der Waals surface area contributed by atoms with Crippen molar-refractivity contribution in [3.05, 3.63) is 12.7 Å². The van der Waals surface area contributed by atoms with Crippen LogP contribution in [0, 0.1) is 22.7 Å². The van der Waals surface area contributed by atoms with E-state index < -0.39 is 10.8 Å². The molecular weight excluding hydrogens is 308 g/mol. The molecule has 6 atom stereocenters. The first kappa shape index (κ1) is 20.4. The highest BCUT2D eigenvalue weighted by atomic mass is 16.6. The Morgan fingerprint density at radius 1 is 0.958 bits per heavy atom. The van der Waals surface area contributed by atoms with Gasteiger partial charge in [0.1, 0.15) is 23.9 Å². The van der Waals surface area contributed by atoms with E-state index in [4.69, 9.17) is 9.47 Å². The zero-order valence-corrected chi connectivity index (χ0v) is 15.6. The van der Waals surface area contributed by atoms with Crippen LogP contribution in [0.5, 0.6) is 0 Å². The summed E-state index contributed by atoms with van der Waals surface area (Å²) in [4.78, 5) is 33.4. The maximum absolute atomic E-state index is 11.4. The lowest BCUT2D eigenvalue weighted by atomic mass is 9.77. The Kier molecular flexibility index (Phi) is 6.37. The van der Waals surface area contributed by atoms with Crippen molar-refractivity contribution in [2.24, 2.45) is 22.7 Å². The van der Waals surface area contributed by atoms with Crippen LogP contribution in [0.15, 0.2) is 12.7 Å². The average Bonchev–Trinajstić information content (AvgIpc) is 2.95. The molecule has 2 saturated heterocycles. The molecule has 136 valence electrons. The summed E-state index contributed by atoms with van der Waals surface area (Å²) in [5, 5.41) is 0. The largest absolute Gasteiger partial charge is 0.461 e. The first-order valence-corrected chi connectivity index (χ1v) is 8.64. The van der Waals surface area contributed by atoms with Gasteiger partial charge in [-0.3, -0.25) is 9.59 Å². The molecule has 2 heterocycles. The standard InChI is InChI=1S/C10H16O2.C9H14O3/c1-5-8-7(3)10(4,6-2)9(11)12-8;1-4-7-6(2)9(3,5-10)8(11)12-7/h6-8H,2,5H2,1,3-4H3;5-7H,4H2,1-3H3/t7-,8-,10-;6-,7-,9-/m11/s1. The number of carbonyl (C=O) groups excluding carboxylic acids is 3. The van der Waals surface area contributed by atoms with Crippen LogP contribution in [-0.2, 0) is 23.9 Å². The van der Waals surface area contributed by atoms with Gasteiger partial charge in [-0.1, -0.05) is 33.8 Å². The summed E-state index contributed by atoms with van der Waals surface area (Å²) in [6.07, 6.45) is 4.05. The van der Waals surface area contributed by atoms with E-state index in [2.05, 4.69) is 6.58 Å². The van der Waals surface area contributed by atoms with Crippen molar-refractivity contribution in [1.29, 1.82) is 0 Å². The maximum Gasteiger partial charge on any atom is 0.319 e. The van der Waals surface area contributed by atoms with Crippen molar-refractivity contribution in [3.63, 3.8) is 0 Å². The first-order valence-electron chi connectivity index (χ1n) is 8.64. The molecule has 0 N–H and O–H groups in total. The Balaban J connectivity index is 0.000000240. The number of rotatable bonds is 4. The van der Waals surface area contributed by atoms with Gasteiger partial charge in [0.05, 0.1) is 5.41 Å². The van der Waals surface area contributed by atoms with Crippen molar-refractivity contribution in [2.45, 2.75) is 66.6 Å². The number of carbonyl (C=O) groups is 3. The van der Waals surface area contributed by atoms with Crippen LogP contribution in [0.1, 0.15) is 54.4 Å². The lowest BCUT2D eigenvalue weighted by Gasteiger charge is -2.20. The molecule has 0 aromatic carbocycles. The molecule has 0 bridgehead atoms. The normalized spacial score (nSPS) is 41.1. The Labute approximate surface area is 144 Å². The fraction of sp³-hybridized carbons (Fsp3) is 0.737. The summed E-state index contributed by atoms with van der Waals surface area (Å²) in [5.41, 5.74) is -1.39. The smallest absolute Gasteiger partial charge is 0.319 e. The van der Waals surface area contributed by atoms with Crippen LogP contribution in [0.2, 0.25) is 0 Å². The molecule has 2 fully saturated rings. The van der Waals surface area contributed by atoms with E-state index in [-0.39, 0.29) is 36.0 Å². The number of aldehydes is 1. The monoisotopic (exact) mass is 338 g/mol. The van der Waals surface area contributed by atoms with Crippen LogP contribution in [-0.4, -0.2) is 30.4 Å². The van der Waals surface area contributed by atoms with E-state index in [1.54, 1.807) is 13.0 Å². The summed E-state index contributed by atoms with van der Waals surface area (Å²) < 4.78 is 10.3. The molecule has 2 aliphatic heterocycles. The summed E-state index contributed by atoms with van der Waals surface area (Å²) in [7, 11) is 0. The molecule has 24 heavy (non-hydrogen) atoms. The van der Waals surface area contributed by atoms with Crippen LogP contribution in [0.25, 0.3) is 0 Å². The van der Waals surface area contributed by atoms with Crippen molar-refractivity contribution < 1.29 is 23.9 Å². The summed E-state index contributed by atoms with van der Waals surface area (Å²) >= 11 is 0. The Bertz CT molecular complexity index is 468. The average molecular weight is 338 g/mol. The van der Waals surface area contributed by atoms with Gasteiger partial charge in [0.25, 0.3) is 0 Å². The summed E-state index contributed by atoms with van der Waals surface area (Å²) in [5.74, 6) is -0.270. The number of ether oxygens (including phenoxy) is 2. The minimum absolute atomic E-state index is 0.00694. The molecule has 0 aromatic rings. The topological polar surface area (TPSA) is 69.7 Å². The second-order valence-electron chi connectivity index (χ2n) is 7.17. The fourth-order valence-electron chi connectivity index (χ4n) is 3.18. The third-order valence-electron chi connectivity index (χ3n) is 5.88. The molecule has 5 nitrogen and oxygen atoms in total. The molecule has 0 unspecified atom stereocenters. The molecule has 5 heteroatoms. The highest BCUT2D eigenvalue weighted by molar-refractivity contribution is 5.94. The predicted octanol–water partition coefficient (Wildman–Crippen LogP) is 3.31. The Morgan fingerprint density at radius 3 is 1.54 bits per heavy atom. The molecule has 2 aliphatic rings. The van der Waals surface area contributed by atoms with Gasteiger partial charge in [-0.05, 0) is 26.7 Å². The maximum atomic E-state index is 11.4. The van der Waals surface area contributed by atoms with E-state index in [0.29, 0.717) is 6.29 Å². The van der Waals surface area contributed by atoms with Crippen molar-refractivity contribution in [3.8, 4) is 0 Å². The van der Waals surface area contributed by atoms with Crippen molar-refractivity contribution >= 4 is 18.2 Å². The number of hydrogen-bond acceptors (Lipinski definition) is 5. The highest BCUT2D eigenvalue weighted by Crippen LogP contribution is 2.41. The molecule has 2 rings (SSSR count). The molecular formula is C19H30O5. The third kappa shape index (κ3) is 3.26. The van der Waals surface area contributed by atoms with Crippen molar-refractivity contribution in [1.82, 2.24) is 0 Å². The van der Waals surface area contributed by atoms with E-state index in [0.717, 1.165) is 12.8 Å². The minimum atomic E-state index is -0.916. The summed E-state index contributed by atoms with van der Waals surface area (Å²) in [6, 6.07) is 0. The SMILES string of the molecule is C=C[C@@]1(C)C(=O)O[C@H](CC)[C@H]1C.CC[C@H]1OC(=O)[C@](C)(C=O)[C@@H]1C. The van der Waals surface area contributed by atoms with Gasteiger partial charge in [-0.25, -0.2) is 0 Å². The minimum Gasteiger partial charge on any atom is -0.461 e. The van der Waals surface area contributed by atoms with E-state index >= 15 is 0 Å². The number of hydrogen-bond donors (Lipinski definition) is 0. The summed E-state index contributed by atoms with van der Waals surface area (Å²) in [6.45, 7) is 15.1. The molecule has 0 aromatic heterocycles. The van der Waals surface area contributed by atoms with Gasteiger partial charge in [-0.15, -0.1) is 6.58 Å². The van der Waals surface area contributed by atoms with Gasteiger partial charge < -0.3 is 14.3 Å². The van der Waals surface area contributed by atoms with Gasteiger partial charge >= 0.3 is 11.9 Å². The number of cyclic esters (lactones) is 2. The van der Waals surface area contributed by atoms with E-state index in [1.165, 1.54) is 0 Å². The Hall–Kier alpha value is -1.65. The predicted molar refractivity (Wildman–Crippen MR) is 91.1 cm³/mol. The second kappa shape index (κ2) is 7.49. The molecule has 0 aliphatic carbocycles. The van der Waals surface area contributed by atoms with Crippen molar-refractivity contribution in [2.75, 3.05) is 0 Å². The van der Waals surface area contributed by atoms with Crippen LogP contribution in [0.4, 0.5) is 0 Å². The molecule has 0 saturated carbocycles. The van der Waals surface area contributed by atoms with Gasteiger partial charge in [0, 0.05) is 11.8 Å². The molecule has 0 spiro atoms. The van der Waals surface area contributed by atoms with Crippen LogP contribution in [0.3, 0.4) is 0 Å². The van der Waals surface area contributed by atoms with Crippen LogP contribution < -0.4 is 0 Å². The Morgan fingerprint density at radius 2 is 1.33 bits per heavy atom. The first-order chi connectivity index (χ1) is 11.1. The fourth-order valence-corrected chi connectivity index (χ4v) is 3.18. The zero-order chi connectivity index (χ0) is 18.7. The van der Waals surface area contributed by atoms with E-state index in [1.807, 2.05) is 34.6 Å². The lowest BCUT2D eigenvalue weighted by Crippen LogP contribution is -2.31. The molecule has 0 radical (unpaired) electrons. The molecule has 0 amide bonds. The quantitative estimate of drug-likeness (QED) is 0.340. The van der Waals surface area contributed by atoms with E-state index in [9.17, 15) is 14.4 Å². The highest BCUT2D eigenvalue weighted by Gasteiger charge is 2.51. The van der Waals surface area contributed by atoms with Crippen LogP contribution >= 0.6 is 0 Å². The van der Waals surface area contributed by atoms with Gasteiger partial charge in [0.15, 0.2) is 0 Å². The zero-order valence-electron chi connectivity index (χ0n) is 15.6. The number of esters is 2. The lowest BCUT2D eigenvalue weighted by molar-refractivity contribution is -0.149. The van der Waals surface area contributed by atoms with Gasteiger partial charge in [0.2, 0.25) is 0 Å². The van der Waals surface area contributed by atoms with Gasteiger partial charge in [-0.2, -0.15) is 0 Å². The third-order valence-corrected chi connectivity index (χ3v) is 5.88.